The second-order valence-corrected chi connectivity index (χ2v) is 3.21. The Hall–Kier alpha value is -1.84. The van der Waals surface area contributed by atoms with E-state index in [1.165, 1.54) is 25.3 Å². The molecule has 1 aromatic rings. The molecule has 16 heavy (non-hydrogen) atoms. The van der Waals surface area contributed by atoms with Gasteiger partial charge in [0.2, 0.25) is 0 Å². The number of carbonyl (C=O) groups is 1. The third kappa shape index (κ3) is 2.82. The monoisotopic (exact) mass is 224 g/mol. The highest BCUT2D eigenvalue weighted by atomic mass is 19.1. The molecule has 0 aliphatic rings. The van der Waals surface area contributed by atoms with Crippen LogP contribution >= 0.6 is 0 Å². The first-order chi connectivity index (χ1) is 7.58. The Bertz CT molecular complexity index is 424. The third-order valence-electron chi connectivity index (χ3n) is 2.19. The van der Waals surface area contributed by atoms with Crippen LogP contribution in [0, 0.1) is 5.82 Å². The number of ether oxygens (including phenoxy) is 1. The molecule has 0 aliphatic heterocycles. The molecule has 0 saturated heterocycles. The minimum atomic E-state index is -1.05. The molecule has 1 rings (SSSR count). The van der Waals surface area contributed by atoms with Gasteiger partial charge in [-0.15, -0.1) is 0 Å². The first kappa shape index (κ1) is 12.2. The predicted molar refractivity (Wildman–Crippen MR) is 58.9 cm³/mol. The van der Waals surface area contributed by atoms with Crippen molar-refractivity contribution in [2.24, 2.45) is 0 Å². The van der Waals surface area contributed by atoms with Crippen LogP contribution in [-0.2, 0) is 4.79 Å². The van der Waals surface area contributed by atoms with E-state index in [4.69, 9.17) is 9.84 Å². The lowest BCUT2D eigenvalue weighted by atomic mass is 10.0. The number of methoxy groups -OCH3 is 1. The van der Waals surface area contributed by atoms with Crippen molar-refractivity contribution in [2.75, 3.05) is 7.11 Å². The minimum Gasteiger partial charge on any atom is -0.496 e. The highest BCUT2D eigenvalue weighted by molar-refractivity contribution is 5.90. The molecular weight excluding hydrogens is 211 g/mol. The molecular formula is C12H13FO3. The molecule has 0 unspecified atom stereocenters. The van der Waals surface area contributed by atoms with Crippen molar-refractivity contribution in [3.05, 3.63) is 35.7 Å². The van der Waals surface area contributed by atoms with Gasteiger partial charge in [0.15, 0.2) is 0 Å². The molecule has 1 aromatic carbocycles. The van der Waals surface area contributed by atoms with Gasteiger partial charge in [0, 0.05) is 11.6 Å². The zero-order valence-corrected chi connectivity index (χ0v) is 9.16. The predicted octanol–water partition coefficient (Wildman–Crippen LogP) is 2.71. The van der Waals surface area contributed by atoms with Crippen molar-refractivity contribution < 1.29 is 19.0 Å². The summed E-state index contributed by atoms with van der Waals surface area (Å²) in [6.45, 7) is 1.80. The van der Waals surface area contributed by atoms with Crippen LogP contribution in [0.5, 0.6) is 5.75 Å². The second kappa shape index (κ2) is 5.30. The van der Waals surface area contributed by atoms with E-state index in [9.17, 15) is 9.18 Å². The van der Waals surface area contributed by atoms with E-state index in [1.54, 1.807) is 6.92 Å². The molecule has 3 nitrogen and oxygen atoms in total. The molecule has 0 saturated carbocycles. The average Bonchev–Trinajstić information content (AvgIpc) is 2.25. The van der Waals surface area contributed by atoms with E-state index in [0.29, 0.717) is 23.3 Å². The Balaban J connectivity index is 3.28. The maximum Gasteiger partial charge on any atom is 0.328 e. The average molecular weight is 224 g/mol. The van der Waals surface area contributed by atoms with Crippen LogP contribution in [0.1, 0.15) is 18.9 Å². The van der Waals surface area contributed by atoms with Crippen molar-refractivity contribution in [3.8, 4) is 5.75 Å². The number of carboxylic acids is 1. The van der Waals surface area contributed by atoms with Crippen LogP contribution < -0.4 is 4.74 Å². The van der Waals surface area contributed by atoms with Crippen molar-refractivity contribution >= 4 is 11.5 Å². The molecule has 1 N–H and O–H groups in total. The van der Waals surface area contributed by atoms with E-state index in [2.05, 4.69) is 0 Å². The highest BCUT2D eigenvalue weighted by Gasteiger charge is 2.09. The summed E-state index contributed by atoms with van der Waals surface area (Å²) in [6.07, 6.45) is 1.56. The molecule has 0 bridgehead atoms. The normalized spacial score (nSPS) is 11.3. The summed E-state index contributed by atoms with van der Waals surface area (Å²) in [4.78, 5) is 10.6. The number of benzene rings is 1. The van der Waals surface area contributed by atoms with Gasteiger partial charge in [-0.05, 0) is 30.2 Å². The number of hydrogen-bond acceptors (Lipinski definition) is 2. The number of halogens is 1. The first-order valence-corrected chi connectivity index (χ1v) is 4.86. The van der Waals surface area contributed by atoms with Gasteiger partial charge in [-0.25, -0.2) is 9.18 Å². The SMILES string of the molecule is CCC(=CC(=O)O)c1cc(F)ccc1OC. The van der Waals surface area contributed by atoms with Gasteiger partial charge in [0.05, 0.1) is 7.11 Å². The number of hydrogen-bond donors (Lipinski definition) is 1. The quantitative estimate of drug-likeness (QED) is 0.800. The number of carboxylic acid groups (broad SMARTS) is 1. The van der Waals surface area contributed by atoms with Gasteiger partial charge in [-0.1, -0.05) is 6.92 Å². The second-order valence-electron chi connectivity index (χ2n) is 3.21. The Kier molecular flexibility index (Phi) is 4.05. The zero-order chi connectivity index (χ0) is 12.1. The smallest absolute Gasteiger partial charge is 0.328 e. The fourth-order valence-electron chi connectivity index (χ4n) is 1.45. The fraction of sp³-hybridized carbons (Fsp3) is 0.250. The van der Waals surface area contributed by atoms with E-state index in [-0.39, 0.29) is 0 Å². The number of aliphatic carboxylic acids is 1. The summed E-state index contributed by atoms with van der Waals surface area (Å²) in [5.74, 6) is -1.00. The molecule has 86 valence electrons. The summed E-state index contributed by atoms with van der Waals surface area (Å²) < 4.78 is 18.2. The molecule has 0 heterocycles. The van der Waals surface area contributed by atoms with Crippen LogP contribution in [0.15, 0.2) is 24.3 Å². The summed E-state index contributed by atoms with van der Waals surface area (Å²) in [7, 11) is 1.46. The number of allylic oxidation sites excluding steroid dienone is 1. The maximum atomic E-state index is 13.1. The van der Waals surface area contributed by atoms with Gasteiger partial charge >= 0.3 is 5.97 Å². The van der Waals surface area contributed by atoms with Gasteiger partial charge in [-0.3, -0.25) is 0 Å². The Morgan fingerprint density at radius 2 is 2.25 bits per heavy atom. The Morgan fingerprint density at radius 3 is 2.75 bits per heavy atom. The molecule has 0 fully saturated rings. The lowest BCUT2D eigenvalue weighted by molar-refractivity contribution is -0.131. The molecule has 0 amide bonds. The first-order valence-electron chi connectivity index (χ1n) is 4.86. The van der Waals surface area contributed by atoms with Crippen LogP contribution in [0.3, 0.4) is 0 Å². The van der Waals surface area contributed by atoms with Gasteiger partial charge in [-0.2, -0.15) is 0 Å². The van der Waals surface area contributed by atoms with E-state index in [0.717, 1.165) is 6.08 Å². The van der Waals surface area contributed by atoms with Gasteiger partial charge in [0.1, 0.15) is 11.6 Å². The van der Waals surface area contributed by atoms with Crippen LogP contribution in [0.2, 0.25) is 0 Å². The zero-order valence-electron chi connectivity index (χ0n) is 9.16. The van der Waals surface area contributed by atoms with Crippen LogP contribution in [-0.4, -0.2) is 18.2 Å². The summed E-state index contributed by atoms with van der Waals surface area (Å²) >= 11 is 0. The molecule has 4 heteroatoms. The lowest BCUT2D eigenvalue weighted by Crippen LogP contribution is -1.96. The molecule has 0 atom stereocenters. The Morgan fingerprint density at radius 1 is 1.56 bits per heavy atom. The van der Waals surface area contributed by atoms with E-state index < -0.39 is 11.8 Å². The molecule has 0 aromatic heterocycles. The standard InChI is InChI=1S/C12H13FO3/c1-3-8(6-12(14)15)10-7-9(13)4-5-11(10)16-2/h4-7H,3H2,1-2H3,(H,14,15). The minimum absolute atomic E-state index is 0.416. The van der Waals surface area contributed by atoms with Crippen LogP contribution in [0.25, 0.3) is 5.57 Å². The lowest BCUT2D eigenvalue weighted by Gasteiger charge is -2.10. The topological polar surface area (TPSA) is 46.5 Å². The highest BCUT2D eigenvalue weighted by Crippen LogP contribution is 2.28. The van der Waals surface area contributed by atoms with Crippen molar-refractivity contribution in [2.45, 2.75) is 13.3 Å². The Labute approximate surface area is 93.2 Å². The van der Waals surface area contributed by atoms with E-state index in [1.807, 2.05) is 0 Å². The molecule has 0 radical (unpaired) electrons. The largest absolute Gasteiger partial charge is 0.496 e. The van der Waals surface area contributed by atoms with Crippen molar-refractivity contribution in [3.63, 3.8) is 0 Å². The molecule has 0 spiro atoms. The maximum absolute atomic E-state index is 13.1. The van der Waals surface area contributed by atoms with Crippen molar-refractivity contribution in [1.29, 1.82) is 0 Å². The van der Waals surface area contributed by atoms with E-state index >= 15 is 0 Å². The summed E-state index contributed by atoms with van der Waals surface area (Å²) in [5, 5.41) is 8.70. The van der Waals surface area contributed by atoms with Crippen molar-refractivity contribution in [1.82, 2.24) is 0 Å². The molecule has 0 aliphatic carbocycles. The van der Waals surface area contributed by atoms with Gasteiger partial charge in [0.25, 0.3) is 0 Å². The summed E-state index contributed by atoms with van der Waals surface area (Å²) in [5.41, 5.74) is 1.01. The number of rotatable bonds is 4. The fourth-order valence-corrected chi connectivity index (χ4v) is 1.45. The van der Waals surface area contributed by atoms with Crippen LogP contribution in [0.4, 0.5) is 4.39 Å². The third-order valence-corrected chi connectivity index (χ3v) is 2.19. The van der Waals surface area contributed by atoms with Gasteiger partial charge < -0.3 is 9.84 Å². The summed E-state index contributed by atoms with van der Waals surface area (Å²) in [6, 6.07) is 4.03.